The largest absolute Gasteiger partial charge is 0.501 e. The number of rotatable bonds is 24. The van der Waals surface area contributed by atoms with E-state index in [1.165, 1.54) is 11.1 Å². The molecule has 0 bridgehead atoms. The average Bonchev–Trinajstić information content (AvgIpc) is 3.63. The standard InChI is InChI=1S/C32H60N4O6Si2/c1-7-37-43(38-8-2,39-9-3)24-14-18-33-20-22-35(29-33)27-31-16-13-17-32(26-31)28-36-23-21-34(30-36)19-15-25-44(40-10-4,41-11-5)42-12-6/h13,16-17,26,29-30H,7-12,14-15,18-25,27-28H2,1-6H3/q+2. The van der Waals surface area contributed by atoms with Crippen LogP contribution in [0.4, 0.5) is 0 Å². The summed E-state index contributed by atoms with van der Waals surface area (Å²) in [4.78, 5) is 4.84. The Kier molecular flexibility index (Phi) is 16.5. The molecule has 1 aromatic rings. The van der Waals surface area contributed by atoms with Crippen LogP contribution in [0.2, 0.25) is 12.1 Å². The number of benzene rings is 1. The molecule has 0 aliphatic carbocycles. The predicted octanol–water partition coefficient (Wildman–Crippen LogP) is 4.28. The summed E-state index contributed by atoms with van der Waals surface area (Å²) in [7, 11) is -5.15. The summed E-state index contributed by atoms with van der Waals surface area (Å²) in [5.74, 6) is 0. The monoisotopic (exact) mass is 652 g/mol. The normalized spacial score (nSPS) is 15.8. The summed E-state index contributed by atoms with van der Waals surface area (Å²) in [6, 6.07) is 10.8. The van der Waals surface area contributed by atoms with Gasteiger partial charge in [-0.3, -0.25) is 19.0 Å². The first-order chi connectivity index (χ1) is 21.4. The molecule has 0 saturated heterocycles. The minimum Gasteiger partial charge on any atom is -0.374 e. The molecule has 10 nitrogen and oxygen atoms in total. The van der Waals surface area contributed by atoms with E-state index in [1.54, 1.807) is 0 Å². The molecule has 0 spiro atoms. The van der Waals surface area contributed by atoms with Crippen LogP contribution in [0.3, 0.4) is 0 Å². The van der Waals surface area contributed by atoms with E-state index in [0.29, 0.717) is 39.6 Å². The summed E-state index contributed by atoms with van der Waals surface area (Å²) in [5.41, 5.74) is 2.72. The molecule has 2 heterocycles. The van der Waals surface area contributed by atoms with Crippen LogP contribution in [0.25, 0.3) is 0 Å². The van der Waals surface area contributed by atoms with Crippen molar-refractivity contribution < 1.29 is 35.7 Å². The Morgan fingerprint density at radius 1 is 0.591 bits per heavy atom. The molecule has 0 saturated carbocycles. The van der Waals surface area contributed by atoms with Crippen molar-refractivity contribution >= 4 is 30.3 Å². The smallest absolute Gasteiger partial charge is 0.374 e. The van der Waals surface area contributed by atoms with Gasteiger partial charge in [0.25, 0.3) is 0 Å². The van der Waals surface area contributed by atoms with Crippen molar-refractivity contribution in [3.05, 3.63) is 35.4 Å². The summed E-state index contributed by atoms with van der Waals surface area (Å²) < 4.78 is 41.0. The van der Waals surface area contributed by atoms with Crippen molar-refractivity contribution in [2.45, 2.75) is 79.6 Å². The molecular weight excluding hydrogens is 593 g/mol. The highest BCUT2D eigenvalue weighted by Gasteiger charge is 2.41. The Morgan fingerprint density at radius 2 is 0.955 bits per heavy atom. The molecule has 0 unspecified atom stereocenters. The summed E-state index contributed by atoms with van der Waals surface area (Å²) in [6.07, 6.45) is 6.60. The molecule has 0 radical (unpaired) electrons. The van der Waals surface area contributed by atoms with Gasteiger partial charge in [-0.25, -0.2) is 0 Å². The fourth-order valence-corrected chi connectivity index (χ4v) is 11.3. The highest BCUT2D eigenvalue weighted by atomic mass is 28.4. The Hall–Kier alpha value is -1.65. The van der Waals surface area contributed by atoms with E-state index in [4.69, 9.17) is 26.6 Å². The maximum Gasteiger partial charge on any atom is 0.501 e. The zero-order valence-electron chi connectivity index (χ0n) is 28.4. The summed E-state index contributed by atoms with van der Waals surface area (Å²) >= 11 is 0. The highest BCUT2D eigenvalue weighted by Crippen LogP contribution is 2.20. The minimum atomic E-state index is -2.57. The van der Waals surface area contributed by atoms with Gasteiger partial charge in [0, 0.05) is 51.7 Å². The molecule has 2 aliphatic rings. The highest BCUT2D eigenvalue weighted by molar-refractivity contribution is 6.61. The second-order valence-corrected chi connectivity index (χ2v) is 16.7. The van der Waals surface area contributed by atoms with Gasteiger partial charge in [0.1, 0.15) is 39.3 Å². The van der Waals surface area contributed by atoms with Crippen LogP contribution in [0.1, 0.15) is 65.5 Å². The van der Waals surface area contributed by atoms with Crippen molar-refractivity contribution in [1.82, 2.24) is 9.80 Å². The summed E-state index contributed by atoms with van der Waals surface area (Å²) in [6.45, 7) is 23.9. The molecule has 0 amide bonds. The van der Waals surface area contributed by atoms with Crippen molar-refractivity contribution in [3.8, 4) is 0 Å². The zero-order valence-corrected chi connectivity index (χ0v) is 30.4. The van der Waals surface area contributed by atoms with E-state index in [1.807, 2.05) is 41.5 Å². The second-order valence-electron chi connectivity index (χ2n) is 11.2. The van der Waals surface area contributed by atoms with Crippen LogP contribution in [-0.4, -0.2) is 128 Å². The zero-order chi connectivity index (χ0) is 31.7. The third kappa shape index (κ3) is 11.9. The maximum atomic E-state index is 6.03. The van der Waals surface area contributed by atoms with Gasteiger partial charge in [0.15, 0.2) is 0 Å². The lowest BCUT2D eigenvalue weighted by atomic mass is 10.1. The van der Waals surface area contributed by atoms with Gasteiger partial charge in [-0.1, -0.05) is 18.2 Å². The lowest BCUT2D eigenvalue weighted by Gasteiger charge is -2.28. The second kappa shape index (κ2) is 19.8. The first kappa shape index (κ1) is 36.8. The van der Waals surface area contributed by atoms with Crippen LogP contribution in [0.5, 0.6) is 0 Å². The van der Waals surface area contributed by atoms with Gasteiger partial charge in [0.2, 0.25) is 12.7 Å². The Bertz CT molecular complexity index is 921. The van der Waals surface area contributed by atoms with Crippen molar-refractivity contribution in [3.63, 3.8) is 0 Å². The van der Waals surface area contributed by atoms with Crippen molar-refractivity contribution in [1.29, 1.82) is 0 Å². The predicted molar refractivity (Wildman–Crippen MR) is 179 cm³/mol. The van der Waals surface area contributed by atoms with Gasteiger partial charge in [0.05, 0.1) is 13.1 Å². The Morgan fingerprint density at radius 3 is 1.30 bits per heavy atom. The molecule has 1 aromatic carbocycles. The molecule has 0 fully saturated rings. The van der Waals surface area contributed by atoms with Gasteiger partial charge in [-0.05, 0) is 71.6 Å². The van der Waals surface area contributed by atoms with Gasteiger partial charge >= 0.3 is 17.6 Å². The summed E-state index contributed by atoms with van der Waals surface area (Å²) in [5, 5.41) is 0. The van der Waals surface area contributed by atoms with E-state index in [-0.39, 0.29) is 0 Å². The minimum absolute atomic E-state index is 0.629. The van der Waals surface area contributed by atoms with Crippen LogP contribution in [0.15, 0.2) is 24.3 Å². The molecular formula is C32H60N4O6Si2+2. The van der Waals surface area contributed by atoms with Crippen LogP contribution >= 0.6 is 0 Å². The van der Waals surface area contributed by atoms with E-state index < -0.39 is 17.6 Å². The molecule has 0 aromatic heterocycles. The lowest BCUT2D eigenvalue weighted by Crippen LogP contribution is -2.46. The van der Waals surface area contributed by atoms with E-state index >= 15 is 0 Å². The van der Waals surface area contributed by atoms with Gasteiger partial charge < -0.3 is 26.6 Å². The number of nitrogens with zero attached hydrogens (tertiary/aromatic N) is 4. The van der Waals surface area contributed by atoms with Crippen molar-refractivity contribution in [2.75, 3.05) is 78.9 Å². The molecule has 250 valence electrons. The Balaban J connectivity index is 1.47. The quantitative estimate of drug-likeness (QED) is 0.121. The fraction of sp³-hybridized carbons (Fsp3) is 0.750. The van der Waals surface area contributed by atoms with Crippen molar-refractivity contribution in [2.24, 2.45) is 0 Å². The van der Waals surface area contributed by atoms with E-state index in [0.717, 1.165) is 77.3 Å². The molecule has 3 rings (SSSR count). The topological polar surface area (TPSA) is 67.9 Å². The fourth-order valence-electron chi connectivity index (χ4n) is 6.08. The third-order valence-corrected chi connectivity index (χ3v) is 14.1. The molecule has 0 atom stereocenters. The number of hydrogen-bond donors (Lipinski definition) is 0. The average molecular weight is 653 g/mol. The lowest BCUT2D eigenvalue weighted by molar-refractivity contribution is -0.531. The molecule has 44 heavy (non-hydrogen) atoms. The van der Waals surface area contributed by atoms with Gasteiger partial charge in [-0.2, -0.15) is 0 Å². The maximum absolute atomic E-state index is 6.03. The van der Waals surface area contributed by atoms with Gasteiger partial charge in [-0.15, -0.1) is 0 Å². The van der Waals surface area contributed by atoms with Crippen LogP contribution < -0.4 is 0 Å². The third-order valence-electron chi connectivity index (χ3n) is 7.81. The SMILES string of the molecule is CCO[Si](CCCN1C=[N+](Cc2cccc(C[N+]3=CN(CCC[Si](OCC)(OCC)OCC)CC3)c2)CC1)(OCC)OCC. The number of hydrogen-bond acceptors (Lipinski definition) is 8. The van der Waals surface area contributed by atoms with Crippen LogP contribution in [0, 0.1) is 0 Å². The molecule has 2 aliphatic heterocycles. The van der Waals surface area contributed by atoms with E-state index in [9.17, 15) is 0 Å². The first-order valence-corrected chi connectivity index (χ1v) is 20.9. The van der Waals surface area contributed by atoms with Crippen LogP contribution in [-0.2, 0) is 39.6 Å². The Labute approximate surface area is 269 Å². The molecule has 0 N–H and O–H groups in total. The molecule has 12 heteroatoms. The van der Waals surface area contributed by atoms with E-state index in [2.05, 4.69) is 55.9 Å². The first-order valence-electron chi connectivity index (χ1n) is 17.0.